The van der Waals surface area contributed by atoms with Gasteiger partial charge < -0.3 is 0 Å². The van der Waals surface area contributed by atoms with Gasteiger partial charge >= 0.3 is 11.9 Å². The molecule has 0 saturated heterocycles. The Hall–Kier alpha value is -1.55. The first-order valence-corrected chi connectivity index (χ1v) is 3.64. The maximum atomic E-state index is 11.0. The number of benzene rings is 1. The van der Waals surface area contributed by atoms with Crippen LogP contribution in [-0.2, 0) is 14.6 Å². The van der Waals surface area contributed by atoms with Gasteiger partial charge in [-0.2, -0.15) is 0 Å². The molecule has 0 aromatic heterocycles. The van der Waals surface area contributed by atoms with Crippen LogP contribution < -0.4 is 0 Å². The van der Waals surface area contributed by atoms with Crippen LogP contribution in [0, 0.1) is 0 Å². The number of rotatable bonds is 1. The minimum absolute atomic E-state index is 0. The molecule has 0 fully saturated rings. The summed E-state index contributed by atoms with van der Waals surface area (Å²) in [7, 11) is 0. The molecular formula is C9H9ClO4. The summed E-state index contributed by atoms with van der Waals surface area (Å²) in [5.41, 5.74) is 0.337. The summed E-state index contributed by atoms with van der Waals surface area (Å²) in [6.07, 6.45) is 0. The van der Waals surface area contributed by atoms with Crippen molar-refractivity contribution >= 4 is 24.3 Å². The molecule has 76 valence electrons. The van der Waals surface area contributed by atoms with E-state index in [4.69, 9.17) is 0 Å². The van der Waals surface area contributed by atoms with Crippen LogP contribution in [0.15, 0.2) is 30.3 Å². The van der Waals surface area contributed by atoms with Gasteiger partial charge in [-0.1, -0.05) is 18.2 Å². The summed E-state index contributed by atoms with van der Waals surface area (Å²) in [6.45, 7) is 1.15. The summed E-state index contributed by atoms with van der Waals surface area (Å²) in [5, 5.41) is 0. The van der Waals surface area contributed by atoms with Gasteiger partial charge in [-0.3, -0.25) is 0 Å². The monoisotopic (exact) mass is 216 g/mol. The van der Waals surface area contributed by atoms with E-state index in [0.717, 1.165) is 6.92 Å². The van der Waals surface area contributed by atoms with E-state index in [-0.39, 0.29) is 12.4 Å². The van der Waals surface area contributed by atoms with E-state index in [0.29, 0.717) is 5.56 Å². The van der Waals surface area contributed by atoms with Crippen molar-refractivity contribution in [2.45, 2.75) is 6.92 Å². The van der Waals surface area contributed by atoms with Crippen LogP contribution in [0.3, 0.4) is 0 Å². The van der Waals surface area contributed by atoms with E-state index in [1.54, 1.807) is 30.3 Å². The maximum absolute atomic E-state index is 11.0. The fourth-order valence-electron chi connectivity index (χ4n) is 0.719. The van der Waals surface area contributed by atoms with Gasteiger partial charge in [0.1, 0.15) is 0 Å². The summed E-state index contributed by atoms with van der Waals surface area (Å²) in [5.74, 6) is -1.35. The average molecular weight is 217 g/mol. The molecule has 0 atom stereocenters. The lowest BCUT2D eigenvalue weighted by molar-refractivity contribution is -0.231. The molecule has 1 aromatic rings. The Morgan fingerprint density at radius 2 is 1.64 bits per heavy atom. The van der Waals surface area contributed by atoms with E-state index in [9.17, 15) is 9.59 Å². The third-order valence-corrected chi connectivity index (χ3v) is 1.24. The quantitative estimate of drug-likeness (QED) is 0.530. The highest BCUT2D eigenvalue weighted by atomic mass is 35.5. The van der Waals surface area contributed by atoms with Gasteiger partial charge in [-0.05, 0) is 12.1 Å². The Morgan fingerprint density at radius 1 is 1.07 bits per heavy atom. The van der Waals surface area contributed by atoms with Gasteiger partial charge in [0.2, 0.25) is 0 Å². The molecule has 14 heavy (non-hydrogen) atoms. The van der Waals surface area contributed by atoms with Crippen molar-refractivity contribution in [2.24, 2.45) is 0 Å². The minimum Gasteiger partial charge on any atom is -0.248 e. The zero-order chi connectivity index (χ0) is 9.68. The van der Waals surface area contributed by atoms with E-state index in [1.165, 1.54) is 0 Å². The molecular weight excluding hydrogens is 208 g/mol. The predicted octanol–water partition coefficient (Wildman–Crippen LogP) is 1.74. The molecule has 0 N–H and O–H groups in total. The van der Waals surface area contributed by atoms with Gasteiger partial charge in [-0.15, -0.1) is 12.4 Å². The third-order valence-electron chi connectivity index (χ3n) is 1.24. The molecule has 0 aliphatic carbocycles. The van der Waals surface area contributed by atoms with E-state index < -0.39 is 11.9 Å². The minimum atomic E-state index is -0.684. The van der Waals surface area contributed by atoms with Crippen molar-refractivity contribution in [3.63, 3.8) is 0 Å². The Balaban J connectivity index is 0.00000169. The first-order valence-electron chi connectivity index (χ1n) is 3.64. The molecule has 4 nitrogen and oxygen atoms in total. The highest BCUT2D eigenvalue weighted by Crippen LogP contribution is 2.00. The van der Waals surface area contributed by atoms with Gasteiger partial charge in [0.25, 0.3) is 0 Å². The van der Waals surface area contributed by atoms with Crippen molar-refractivity contribution in [2.75, 3.05) is 0 Å². The lowest BCUT2D eigenvalue weighted by atomic mass is 10.2. The van der Waals surface area contributed by atoms with Crippen molar-refractivity contribution in [3.8, 4) is 0 Å². The van der Waals surface area contributed by atoms with Crippen LogP contribution in [0.4, 0.5) is 0 Å². The van der Waals surface area contributed by atoms with Crippen LogP contribution in [-0.4, -0.2) is 11.9 Å². The Morgan fingerprint density at radius 3 is 2.14 bits per heavy atom. The SMILES string of the molecule is CC(=O)OOC(=O)c1ccccc1.Cl. The molecule has 1 aromatic carbocycles. The maximum Gasteiger partial charge on any atom is 0.386 e. The van der Waals surface area contributed by atoms with Crippen LogP contribution in [0.25, 0.3) is 0 Å². The molecule has 0 bridgehead atoms. The lowest BCUT2D eigenvalue weighted by Crippen LogP contribution is -2.08. The average Bonchev–Trinajstić information content (AvgIpc) is 2.15. The van der Waals surface area contributed by atoms with Crippen molar-refractivity contribution in [1.82, 2.24) is 0 Å². The molecule has 0 aliphatic heterocycles. The standard InChI is InChI=1S/C9H8O4.ClH/c1-7(10)12-13-9(11)8-5-3-2-4-6-8;/h2-6H,1H3;1H. The second-order valence-corrected chi connectivity index (χ2v) is 2.31. The Kier molecular flexibility index (Phi) is 5.33. The van der Waals surface area contributed by atoms with Gasteiger partial charge in [-0.25, -0.2) is 19.4 Å². The molecule has 1 rings (SSSR count). The van der Waals surface area contributed by atoms with Gasteiger partial charge in [0.15, 0.2) is 0 Å². The number of carbonyl (C=O) groups is 2. The fourth-order valence-corrected chi connectivity index (χ4v) is 0.719. The molecule has 0 unspecified atom stereocenters. The molecule has 0 amide bonds. The first-order chi connectivity index (χ1) is 6.20. The van der Waals surface area contributed by atoms with Crippen LogP contribution in [0.2, 0.25) is 0 Å². The Bertz CT molecular complexity index is 310. The summed E-state index contributed by atoms with van der Waals surface area (Å²) < 4.78 is 0. The summed E-state index contributed by atoms with van der Waals surface area (Å²) in [6, 6.07) is 8.26. The van der Waals surface area contributed by atoms with Gasteiger partial charge in [0, 0.05) is 6.92 Å². The van der Waals surface area contributed by atoms with Crippen LogP contribution in [0.5, 0.6) is 0 Å². The first kappa shape index (κ1) is 12.5. The summed E-state index contributed by atoms with van der Waals surface area (Å²) >= 11 is 0. The molecule has 0 heterocycles. The predicted molar refractivity (Wildman–Crippen MR) is 50.9 cm³/mol. The number of hydrogen-bond donors (Lipinski definition) is 0. The smallest absolute Gasteiger partial charge is 0.248 e. The molecule has 0 radical (unpaired) electrons. The normalized spacial score (nSPS) is 8.36. The highest BCUT2D eigenvalue weighted by Gasteiger charge is 2.08. The molecule has 0 saturated carbocycles. The van der Waals surface area contributed by atoms with E-state index in [2.05, 4.69) is 9.78 Å². The second kappa shape index (κ2) is 5.99. The summed E-state index contributed by atoms with van der Waals surface area (Å²) in [4.78, 5) is 29.6. The molecule has 0 spiro atoms. The van der Waals surface area contributed by atoms with Crippen molar-refractivity contribution in [3.05, 3.63) is 35.9 Å². The topological polar surface area (TPSA) is 52.6 Å². The third kappa shape index (κ3) is 3.91. The molecule has 0 aliphatic rings. The van der Waals surface area contributed by atoms with Crippen molar-refractivity contribution in [1.29, 1.82) is 0 Å². The number of carbonyl (C=O) groups excluding carboxylic acids is 2. The van der Waals surface area contributed by atoms with Crippen LogP contribution in [0.1, 0.15) is 17.3 Å². The van der Waals surface area contributed by atoms with E-state index in [1.807, 2.05) is 0 Å². The number of hydrogen-bond acceptors (Lipinski definition) is 4. The fraction of sp³-hybridized carbons (Fsp3) is 0.111. The van der Waals surface area contributed by atoms with Gasteiger partial charge in [0.05, 0.1) is 5.56 Å². The largest absolute Gasteiger partial charge is 0.386 e. The molecule has 5 heteroatoms. The Labute approximate surface area is 87.2 Å². The van der Waals surface area contributed by atoms with Crippen molar-refractivity contribution < 1.29 is 19.4 Å². The van der Waals surface area contributed by atoms with Crippen LogP contribution >= 0.6 is 12.4 Å². The number of halogens is 1. The lowest BCUT2D eigenvalue weighted by Gasteiger charge is -1.99. The highest BCUT2D eigenvalue weighted by molar-refractivity contribution is 5.89. The van der Waals surface area contributed by atoms with E-state index >= 15 is 0 Å². The zero-order valence-electron chi connectivity index (χ0n) is 7.43. The second-order valence-electron chi connectivity index (χ2n) is 2.31. The zero-order valence-corrected chi connectivity index (χ0v) is 8.24.